The first kappa shape index (κ1) is 15.4. The number of esters is 1. The quantitative estimate of drug-likeness (QED) is 0.845. The largest absolute Gasteiger partial charge is 0.469 e. The van der Waals surface area contributed by atoms with Gasteiger partial charge in [0.25, 0.3) is 5.91 Å². The summed E-state index contributed by atoms with van der Waals surface area (Å²) in [4.78, 5) is 25.3. The van der Waals surface area contributed by atoms with E-state index < -0.39 is 0 Å². The molecule has 1 heterocycles. The summed E-state index contributed by atoms with van der Waals surface area (Å²) in [6.45, 7) is 4.18. The third kappa shape index (κ3) is 3.97. The molecule has 0 saturated carbocycles. The predicted octanol–water partition coefficient (Wildman–Crippen LogP) is 2.21. The second-order valence-corrected chi connectivity index (χ2v) is 5.28. The number of nitrogens with zero attached hydrogens (tertiary/aromatic N) is 1. The van der Waals surface area contributed by atoms with Crippen molar-refractivity contribution in [2.75, 3.05) is 32.1 Å². The number of rotatable bonds is 5. The molecule has 0 bridgehead atoms. The van der Waals surface area contributed by atoms with E-state index >= 15 is 0 Å². The highest BCUT2D eigenvalue weighted by atomic mass is 16.5. The molecule has 0 aliphatic carbocycles. The van der Waals surface area contributed by atoms with E-state index in [0.717, 1.165) is 42.7 Å². The van der Waals surface area contributed by atoms with Crippen molar-refractivity contribution in [2.24, 2.45) is 0 Å². The van der Waals surface area contributed by atoms with Gasteiger partial charge in [-0.25, -0.2) is 0 Å². The normalized spacial score (nSPS) is 14.1. The molecule has 1 N–H and O–H groups in total. The van der Waals surface area contributed by atoms with E-state index in [-0.39, 0.29) is 11.9 Å². The number of nitrogens with one attached hydrogen (secondary N) is 1. The van der Waals surface area contributed by atoms with E-state index in [9.17, 15) is 9.59 Å². The fourth-order valence-corrected chi connectivity index (χ4v) is 2.52. The van der Waals surface area contributed by atoms with Gasteiger partial charge in [-0.15, -0.1) is 0 Å². The molecule has 114 valence electrons. The molecule has 1 aliphatic rings. The van der Waals surface area contributed by atoms with Gasteiger partial charge >= 0.3 is 5.97 Å². The standard InChI is InChI=1S/C16H22N2O3/c1-12-11-13(17-8-7-15(19)21-2)5-6-14(12)16(20)18-9-3-4-10-18/h5-6,11,17H,3-4,7-10H2,1-2H3. The molecule has 0 atom stereocenters. The molecule has 1 aromatic carbocycles. The molecule has 1 aliphatic heterocycles. The van der Waals surface area contributed by atoms with Crippen molar-refractivity contribution >= 4 is 17.6 Å². The Kier molecular flexibility index (Phi) is 5.20. The van der Waals surface area contributed by atoms with Gasteiger partial charge in [0, 0.05) is 30.9 Å². The van der Waals surface area contributed by atoms with Crippen LogP contribution in [0.1, 0.15) is 35.2 Å². The van der Waals surface area contributed by atoms with Gasteiger partial charge in [0.15, 0.2) is 0 Å². The topological polar surface area (TPSA) is 58.6 Å². The number of carbonyl (C=O) groups is 2. The highest BCUT2D eigenvalue weighted by Crippen LogP contribution is 2.19. The molecule has 21 heavy (non-hydrogen) atoms. The fraction of sp³-hybridized carbons (Fsp3) is 0.500. The minimum atomic E-state index is -0.236. The van der Waals surface area contributed by atoms with Crippen molar-refractivity contribution in [1.29, 1.82) is 0 Å². The lowest BCUT2D eigenvalue weighted by Crippen LogP contribution is -2.28. The third-order valence-electron chi connectivity index (χ3n) is 3.74. The molecule has 0 radical (unpaired) electrons. The molecule has 1 aromatic rings. The van der Waals surface area contributed by atoms with Crippen LogP contribution >= 0.6 is 0 Å². The zero-order valence-corrected chi connectivity index (χ0v) is 12.6. The number of ether oxygens (including phenoxy) is 1. The molecule has 0 aromatic heterocycles. The van der Waals surface area contributed by atoms with Crippen molar-refractivity contribution in [1.82, 2.24) is 4.90 Å². The molecule has 0 unspecified atom stereocenters. The number of likely N-dealkylation sites (tertiary alicyclic amines) is 1. The second kappa shape index (κ2) is 7.11. The number of benzene rings is 1. The highest BCUT2D eigenvalue weighted by molar-refractivity contribution is 5.96. The Morgan fingerprint density at radius 3 is 2.62 bits per heavy atom. The van der Waals surface area contributed by atoms with Crippen LogP contribution in [0.3, 0.4) is 0 Å². The van der Waals surface area contributed by atoms with Gasteiger partial charge in [0.1, 0.15) is 0 Å². The van der Waals surface area contributed by atoms with Gasteiger partial charge in [-0.1, -0.05) is 0 Å². The Bertz CT molecular complexity index is 522. The molecular formula is C16H22N2O3. The van der Waals surface area contributed by atoms with Gasteiger partial charge in [-0.3, -0.25) is 9.59 Å². The minimum absolute atomic E-state index is 0.117. The van der Waals surface area contributed by atoms with Crippen molar-refractivity contribution in [3.05, 3.63) is 29.3 Å². The van der Waals surface area contributed by atoms with Gasteiger partial charge in [-0.2, -0.15) is 0 Å². The summed E-state index contributed by atoms with van der Waals surface area (Å²) in [6, 6.07) is 5.69. The Labute approximate surface area is 125 Å². The highest BCUT2D eigenvalue weighted by Gasteiger charge is 2.20. The van der Waals surface area contributed by atoms with E-state index in [1.165, 1.54) is 7.11 Å². The second-order valence-electron chi connectivity index (χ2n) is 5.28. The smallest absolute Gasteiger partial charge is 0.307 e. The number of aryl methyl sites for hydroxylation is 1. The molecule has 5 heteroatoms. The fourth-order valence-electron chi connectivity index (χ4n) is 2.52. The van der Waals surface area contributed by atoms with E-state index in [1.54, 1.807) is 0 Å². The maximum atomic E-state index is 12.4. The number of methoxy groups -OCH3 is 1. The average molecular weight is 290 g/mol. The van der Waals surface area contributed by atoms with Gasteiger partial charge in [0.05, 0.1) is 13.5 Å². The average Bonchev–Trinajstić information content (AvgIpc) is 3.00. The monoisotopic (exact) mass is 290 g/mol. The summed E-state index contributed by atoms with van der Waals surface area (Å²) in [6.07, 6.45) is 2.51. The Hall–Kier alpha value is -2.04. The van der Waals surface area contributed by atoms with Gasteiger partial charge in [-0.05, 0) is 43.5 Å². The van der Waals surface area contributed by atoms with E-state index in [0.29, 0.717) is 13.0 Å². The molecule has 5 nitrogen and oxygen atoms in total. The van der Waals surface area contributed by atoms with Crippen molar-refractivity contribution in [2.45, 2.75) is 26.2 Å². The maximum absolute atomic E-state index is 12.4. The van der Waals surface area contributed by atoms with Crippen LogP contribution < -0.4 is 5.32 Å². The third-order valence-corrected chi connectivity index (χ3v) is 3.74. The van der Waals surface area contributed by atoms with Gasteiger partial charge < -0.3 is 15.0 Å². The number of hydrogen-bond donors (Lipinski definition) is 1. The minimum Gasteiger partial charge on any atom is -0.469 e. The summed E-state index contributed by atoms with van der Waals surface area (Å²) >= 11 is 0. The van der Waals surface area contributed by atoms with Gasteiger partial charge in [0.2, 0.25) is 0 Å². The molecule has 1 fully saturated rings. The van der Waals surface area contributed by atoms with Crippen LogP contribution in [0.25, 0.3) is 0 Å². The zero-order valence-electron chi connectivity index (χ0n) is 12.6. The zero-order chi connectivity index (χ0) is 15.2. The first-order chi connectivity index (χ1) is 10.1. The summed E-state index contributed by atoms with van der Waals surface area (Å²) in [5.74, 6) is -0.119. The Morgan fingerprint density at radius 1 is 1.29 bits per heavy atom. The van der Waals surface area contributed by atoms with Crippen LogP contribution in [-0.4, -0.2) is 43.5 Å². The van der Waals surface area contributed by atoms with Crippen LogP contribution in [0.5, 0.6) is 0 Å². The number of anilines is 1. The molecule has 1 saturated heterocycles. The SMILES string of the molecule is COC(=O)CCNc1ccc(C(=O)N2CCCC2)c(C)c1. The van der Waals surface area contributed by atoms with E-state index in [2.05, 4.69) is 10.1 Å². The number of hydrogen-bond acceptors (Lipinski definition) is 4. The molecular weight excluding hydrogens is 268 g/mol. The summed E-state index contributed by atoms with van der Waals surface area (Å²) in [7, 11) is 1.38. The molecule has 1 amide bonds. The first-order valence-electron chi connectivity index (χ1n) is 7.32. The lowest BCUT2D eigenvalue weighted by molar-refractivity contribution is -0.140. The number of carbonyl (C=O) groups excluding carboxylic acids is 2. The number of amides is 1. The van der Waals surface area contributed by atoms with E-state index in [4.69, 9.17) is 0 Å². The van der Waals surface area contributed by atoms with Crippen molar-refractivity contribution in [3.63, 3.8) is 0 Å². The first-order valence-corrected chi connectivity index (χ1v) is 7.32. The Balaban J connectivity index is 1.96. The Morgan fingerprint density at radius 2 is 2.00 bits per heavy atom. The summed E-state index contributed by atoms with van der Waals surface area (Å²) in [5, 5.41) is 3.16. The predicted molar refractivity (Wildman–Crippen MR) is 81.4 cm³/mol. The summed E-state index contributed by atoms with van der Waals surface area (Å²) < 4.78 is 4.59. The van der Waals surface area contributed by atoms with Crippen molar-refractivity contribution in [3.8, 4) is 0 Å². The molecule has 2 rings (SSSR count). The summed E-state index contributed by atoms with van der Waals surface area (Å²) in [5.41, 5.74) is 2.62. The van der Waals surface area contributed by atoms with Crippen LogP contribution in [0, 0.1) is 6.92 Å². The van der Waals surface area contributed by atoms with Crippen LogP contribution in [0.15, 0.2) is 18.2 Å². The lowest BCUT2D eigenvalue weighted by Gasteiger charge is -2.17. The van der Waals surface area contributed by atoms with E-state index in [1.807, 2.05) is 30.0 Å². The van der Waals surface area contributed by atoms with Crippen LogP contribution in [0.4, 0.5) is 5.69 Å². The van der Waals surface area contributed by atoms with Crippen LogP contribution in [-0.2, 0) is 9.53 Å². The molecule has 0 spiro atoms. The maximum Gasteiger partial charge on any atom is 0.307 e. The lowest BCUT2D eigenvalue weighted by atomic mass is 10.1. The van der Waals surface area contributed by atoms with Crippen molar-refractivity contribution < 1.29 is 14.3 Å². The van der Waals surface area contributed by atoms with Crippen LogP contribution in [0.2, 0.25) is 0 Å².